The number of furan rings is 1. The molecule has 0 saturated carbocycles. The number of rotatable bonds is 6. The van der Waals surface area contributed by atoms with Crippen LogP contribution in [0.25, 0.3) is 0 Å². The lowest BCUT2D eigenvalue weighted by atomic mass is 10.3. The first-order valence-corrected chi connectivity index (χ1v) is 7.26. The van der Waals surface area contributed by atoms with Crippen molar-refractivity contribution >= 4 is 41.3 Å². The fourth-order valence-corrected chi connectivity index (χ4v) is 2.45. The zero-order valence-electron chi connectivity index (χ0n) is 11.5. The van der Waals surface area contributed by atoms with Crippen LogP contribution in [0.15, 0.2) is 45.3 Å². The summed E-state index contributed by atoms with van der Waals surface area (Å²) in [4.78, 5) is 5.58. The molecule has 2 aromatic rings. The van der Waals surface area contributed by atoms with Crippen molar-refractivity contribution in [1.82, 2.24) is 10.6 Å². The monoisotopic (exact) mass is 405 g/mol. The standard InChI is InChI=1S/C14H19N3OS.HI/c1-15-14(16-8-6-12-4-2-10-18-12)17-9-7-13-5-3-11-19-13;/h2-5,10-11H,6-9H2,1H3,(H2,15,16,17);1H. The van der Waals surface area contributed by atoms with Gasteiger partial charge in [0, 0.05) is 31.4 Å². The molecule has 0 unspecified atom stereocenters. The minimum atomic E-state index is 0. The average Bonchev–Trinajstić information content (AvgIpc) is 3.10. The summed E-state index contributed by atoms with van der Waals surface area (Å²) in [6, 6.07) is 8.12. The highest BCUT2D eigenvalue weighted by Gasteiger charge is 1.99. The summed E-state index contributed by atoms with van der Waals surface area (Å²) in [6.45, 7) is 1.70. The molecule has 0 aliphatic carbocycles. The molecular weight excluding hydrogens is 385 g/mol. The highest BCUT2D eigenvalue weighted by molar-refractivity contribution is 14.0. The van der Waals surface area contributed by atoms with Crippen LogP contribution in [0, 0.1) is 0 Å². The summed E-state index contributed by atoms with van der Waals surface area (Å²) < 4.78 is 5.28. The number of nitrogens with zero attached hydrogens (tertiary/aromatic N) is 1. The van der Waals surface area contributed by atoms with Gasteiger partial charge in [-0.15, -0.1) is 35.3 Å². The van der Waals surface area contributed by atoms with Gasteiger partial charge in [-0.25, -0.2) is 0 Å². The van der Waals surface area contributed by atoms with Crippen molar-refractivity contribution in [3.63, 3.8) is 0 Å². The van der Waals surface area contributed by atoms with E-state index in [2.05, 4.69) is 33.1 Å². The maximum absolute atomic E-state index is 5.28. The molecule has 0 atom stereocenters. The normalized spacial score (nSPS) is 10.9. The van der Waals surface area contributed by atoms with Crippen molar-refractivity contribution in [3.8, 4) is 0 Å². The van der Waals surface area contributed by atoms with Gasteiger partial charge in [0.2, 0.25) is 0 Å². The van der Waals surface area contributed by atoms with Crippen molar-refractivity contribution in [2.24, 2.45) is 4.99 Å². The van der Waals surface area contributed by atoms with Crippen molar-refractivity contribution in [1.29, 1.82) is 0 Å². The van der Waals surface area contributed by atoms with E-state index in [9.17, 15) is 0 Å². The second-order valence-corrected chi connectivity index (χ2v) is 5.12. The van der Waals surface area contributed by atoms with E-state index in [1.807, 2.05) is 12.1 Å². The summed E-state index contributed by atoms with van der Waals surface area (Å²) in [6.07, 6.45) is 3.58. The van der Waals surface area contributed by atoms with E-state index in [-0.39, 0.29) is 24.0 Å². The van der Waals surface area contributed by atoms with Gasteiger partial charge in [-0.2, -0.15) is 0 Å². The number of hydrogen-bond acceptors (Lipinski definition) is 3. The summed E-state index contributed by atoms with van der Waals surface area (Å²) in [7, 11) is 1.79. The Balaban J connectivity index is 0.00000200. The van der Waals surface area contributed by atoms with E-state index in [1.165, 1.54) is 4.88 Å². The number of aliphatic imine (C=N–C) groups is 1. The van der Waals surface area contributed by atoms with Crippen LogP contribution in [0.4, 0.5) is 0 Å². The molecule has 0 bridgehead atoms. The van der Waals surface area contributed by atoms with Gasteiger partial charge < -0.3 is 15.1 Å². The van der Waals surface area contributed by atoms with E-state index in [1.54, 1.807) is 24.6 Å². The number of guanidine groups is 1. The molecule has 0 aliphatic heterocycles. The van der Waals surface area contributed by atoms with Gasteiger partial charge in [0.25, 0.3) is 0 Å². The molecule has 110 valence electrons. The van der Waals surface area contributed by atoms with Gasteiger partial charge in [-0.3, -0.25) is 4.99 Å². The fraction of sp³-hybridized carbons (Fsp3) is 0.357. The molecule has 0 aromatic carbocycles. The Hall–Kier alpha value is -1.02. The molecule has 0 spiro atoms. The van der Waals surface area contributed by atoms with Gasteiger partial charge in [-0.1, -0.05) is 6.07 Å². The Morgan fingerprint density at radius 1 is 1.20 bits per heavy atom. The zero-order chi connectivity index (χ0) is 13.3. The molecule has 20 heavy (non-hydrogen) atoms. The molecule has 2 rings (SSSR count). The first-order valence-electron chi connectivity index (χ1n) is 6.38. The smallest absolute Gasteiger partial charge is 0.191 e. The zero-order valence-corrected chi connectivity index (χ0v) is 14.6. The van der Waals surface area contributed by atoms with Crippen molar-refractivity contribution in [3.05, 3.63) is 46.5 Å². The number of thiophene rings is 1. The summed E-state index contributed by atoms with van der Waals surface area (Å²) in [5, 5.41) is 8.68. The lowest BCUT2D eigenvalue weighted by Crippen LogP contribution is -2.39. The topological polar surface area (TPSA) is 49.6 Å². The SMILES string of the molecule is CN=C(NCCc1ccco1)NCCc1cccs1.I. The molecule has 2 heterocycles. The molecule has 0 amide bonds. The van der Waals surface area contributed by atoms with Crippen molar-refractivity contribution < 1.29 is 4.42 Å². The third-order valence-corrected chi connectivity index (χ3v) is 3.65. The predicted octanol–water partition coefficient (Wildman–Crippen LogP) is 2.91. The Kier molecular flexibility index (Phi) is 8.36. The maximum atomic E-state index is 5.28. The molecule has 2 N–H and O–H groups in total. The van der Waals surface area contributed by atoms with E-state index < -0.39 is 0 Å². The van der Waals surface area contributed by atoms with E-state index in [0.29, 0.717) is 0 Å². The van der Waals surface area contributed by atoms with Gasteiger partial charge in [0.05, 0.1) is 6.26 Å². The lowest BCUT2D eigenvalue weighted by molar-refractivity contribution is 0.507. The van der Waals surface area contributed by atoms with Crippen LogP contribution in [0.1, 0.15) is 10.6 Å². The van der Waals surface area contributed by atoms with Gasteiger partial charge in [0.1, 0.15) is 5.76 Å². The van der Waals surface area contributed by atoms with Crippen LogP contribution in [-0.2, 0) is 12.8 Å². The quantitative estimate of drug-likeness (QED) is 0.442. The lowest BCUT2D eigenvalue weighted by Gasteiger charge is -2.10. The van der Waals surface area contributed by atoms with E-state index in [0.717, 1.165) is 37.7 Å². The van der Waals surface area contributed by atoms with Crippen molar-refractivity contribution in [2.45, 2.75) is 12.8 Å². The van der Waals surface area contributed by atoms with Crippen LogP contribution in [-0.4, -0.2) is 26.1 Å². The van der Waals surface area contributed by atoms with E-state index >= 15 is 0 Å². The largest absolute Gasteiger partial charge is 0.469 e. The molecule has 2 aromatic heterocycles. The summed E-state index contributed by atoms with van der Waals surface area (Å²) >= 11 is 1.79. The molecule has 4 nitrogen and oxygen atoms in total. The molecule has 0 aliphatic rings. The van der Waals surface area contributed by atoms with Gasteiger partial charge in [-0.05, 0) is 30.0 Å². The molecular formula is C14H20IN3OS. The Labute approximate surface area is 140 Å². The van der Waals surface area contributed by atoms with Crippen LogP contribution in [0.5, 0.6) is 0 Å². The number of nitrogens with one attached hydrogen (secondary N) is 2. The van der Waals surface area contributed by atoms with Crippen LogP contribution in [0.2, 0.25) is 0 Å². The van der Waals surface area contributed by atoms with Crippen LogP contribution >= 0.6 is 35.3 Å². The predicted molar refractivity (Wildman–Crippen MR) is 95.2 cm³/mol. The maximum Gasteiger partial charge on any atom is 0.191 e. The molecule has 0 saturated heterocycles. The number of halogens is 1. The average molecular weight is 405 g/mol. The number of hydrogen-bond donors (Lipinski definition) is 2. The summed E-state index contributed by atoms with van der Waals surface area (Å²) in [5.74, 6) is 1.82. The third kappa shape index (κ3) is 5.96. The highest BCUT2D eigenvalue weighted by Crippen LogP contribution is 2.07. The Bertz CT molecular complexity index is 440. The molecule has 0 fully saturated rings. The first-order chi connectivity index (χ1) is 9.38. The first kappa shape index (κ1) is 17.0. The van der Waals surface area contributed by atoms with Gasteiger partial charge in [0.15, 0.2) is 5.96 Å². The van der Waals surface area contributed by atoms with Crippen LogP contribution < -0.4 is 10.6 Å². The molecule has 6 heteroatoms. The Morgan fingerprint density at radius 3 is 2.60 bits per heavy atom. The second-order valence-electron chi connectivity index (χ2n) is 4.08. The van der Waals surface area contributed by atoms with Crippen LogP contribution in [0.3, 0.4) is 0 Å². The minimum absolute atomic E-state index is 0. The third-order valence-electron chi connectivity index (χ3n) is 2.71. The fourth-order valence-electron chi connectivity index (χ4n) is 1.74. The molecule has 0 radical (unpaired) electrons. The highest BCUT2D eigenvalue weighted by atomic mass is 127. The van der Waals surface area contributed by atoms with Crippen molar-refractivity contribution in [2.75, 3.05) is 20.1 Å². The summed E-state index contributed by atoms with van der Waals surface area (Å²) in [5.41, 5.74) is 0. The minimum Gasteiger partial charge on any atom is -0.469 e. The van der Waals surface area contributed by atoms with Gasteiger partial charge >= 0.3 is 0 Å². The second kappa shape index (κ2) is 9.82. The van der Waals surface area contributed by atoms with E-state index in [4.69, 9.17) is 4.42 Å². The Morgan fingerprint density at radius 2 is 2.00 bits per heavy atom.